The summed E-state index contributed by atoms with van der Waals surface area (Å²) in [5.74, 6) is 0. The van der Waals surface area contributed by atoms with Crippen molar-refractivity contribution in [3.8, 4) is 0 Å². The van der Waals surface area contributed by atoms with Crippen molar-refractivity contribution in [2.24, 2.45) is 0 Å². The molecule has 0 aromatic carbocycles. The fourth-order valence-corrected chi connectivity index (χ4v) is 0.557. The van der Waals surface area contributed by atoms with Gasteiger partial charge in [0, 0.05) is 0 Å². The molecular formula is C3BBrF9-. The third-order valence-corrected chi connectivity index (χ3v) is 2.91. The lowest BCUT2D eigenvalue weighted by molar-refractivity contribution is -0.154. The predicted molar refractivity (Wildman–Crippen MR) is 32.8 cm³/mol. The van der Waals surface area contributed by atoms with E-state index in [0.717, 1.165) is 15.8 Å². The van der Waals surface area contributed by atoms with Crippen LogP contribution in [0.2, 0.25) is 0 Å². The van der Waals surface area contributed by atoms with Crippen LogP contribution in [0.5, 0.6) is 0 Å². The van der Waals surface area contributed by atoms with Crippen LogP contribution >= 0.6 is 15.8 Å². The maximum absolute atomic E-state index is 11.6. The second-order valence-corrected chi connectivity index (χ2v) is 3.76. The van der Waals surface area contributed by atoms with Gasteiger partial charge in [-0.1, -0.05) is 0 Å². The molecule has 0 N–H and O–H groups in total. The van der Waals surface area contributed by atoms with E-state index in [-0.39, 0.29) is 0 Å². The molecule has 0 amide bonds. The summed E-state index contributed by atoms with van der Waals surface area (Å²) in [7, 11) is 0. The van der Waals surface area contributed by atoms with E-state index in [4.69, 9.17) is 0 Å². The first-order chi connectivity index (χ1) is 5.75. The van der Waals surface area contributed by atoms with E-state index in [1.54, 1.807) is 0 Å². The van der Waals surface area contributed by atoms with Crippen molar-refractivity contribution in [3.05, 3.63) is 0 Å². The van der Waals surface area contributed by atoms with Crippen molar-refractivity contribution in [1.29, 1.82) is 0 Å². The molecule has 14 heavy (non-hydrogen) atoms. The third kappa shape index (κ3) is 1.96. The Balaban J connectivity index is 5.54. The summed E-state index contributed by atoms with van der Waals surface area (Å²) >= 11 is 0.734. The van der Waals surface area contributed by atoms with Crippen molar-refractivity contribution in [3.63, 3.8) is 0 Å². The van der Waals surface area contributed by atoms with Crippen LogP contribution in [0.15, 0.2) is 0 Å². The highest BCUT2D eigenvalue weighted by Gasteiger charge is 2.77. The molecule has 0 aliphatic heterocycles. The van der Waals surface area contributed by atoms with Crippen molar-refractivity contribution in [1.82, 2.24) is 0 Å². The molecule has 0 aromatic rings. The van der Waals surface area contributed by atoms with Gasteiger partial charge >= 0.3 is 4.97 Å². The van der Waals surface area contributed by atoms with Gasteiger partial charge in [-0.15, -0.1) is 0 Å². The Morgan fingerprint density at radius 1 is 0.571 bits per heavy atom. The summed E-state index contributed by atoms with van der Waals surface area (Å²) < 4.78 is 105. The first-order valence-electron chi connectivity index (χ1n) is 2.79. The average molecular weight is 298 g/mol. The summed E-state index contributed by atoms with van der Waals surface area (Å²) in [6, 6.07) is 0. The minimum Gasteiger partial charge on any atom is -0.326 e. The number of hydrogen-bond acceptors (Lipinski definition) is 0. The molecule has 0 saturated carbocycles. The summed E-state index contributed by atoms with van der Waals surface area (Å²) in [6.07, 6.45) is -19.3. The first-order valence-corrected chi connectivity index (χ1v) is 3.70. The molecule has 0 atom stereocenters. The van der Waals surface area contributed by atoms with Gasteiger partial charge < -0.3 is 15.8 Å². The van der Waals surface area contributed by atoms with Gasteiger partial charge in [0.2, 0.25) is 0 Å². The van der Waals surface area contributed by atoms with Gasteiger partial charge in [-0.05, 0) is 0 Å². The highest BCUT2D eigenvalue weighted by atomic mass is 79.9. The van der Waals surface area contributed by atoms with Crippen LogP contribution in [0, 0.1) is 0 Å². The zero-order chi connectivity index (χ0) is 12.0. The highest BCUT2D eigenvalue weighted by molar-refractivity contribution is 9.26. The summed E-state index contributed by atoms with van der Waals surface area (Å²) in [4.78, 5) is -6.62. The standard InChI is InChI=1S/C3BBrF9/c5-4(1(6,7)8,2(9,10)11)3(12,13)14/q-1. The van der Waals surface area contributed by atoms with Gasteiger partial charge in [-0.25, -0.2) is 39.5 Å². The normalized spacial score (nSPS) is 15.9. The van der Waals surface area contributed by atoms with Crippen molar-refractivity contribution in [2.75, 3.05) is 0 Å². The van der Waals surface area contributed by atoms with Crippen molar-refractivity contribution in [2.45, 2.75) is 18.2 Å². The smallest absolute Gasteiger partial charge is 0.326 e. The predicted octanol–water partition coefficient (Wildman–Crippen LogP) is 3.63. The molecule has 0 rings (SSSR count). The van der Waals surface area contributed by atoms with E-state index in [0.29, 0.717) is 0 Å². The van der Waals surface area contributed by atoms with Crippen LogP contribution in [-0.4, -0.2) is 23.2 Å². The van der Waals surface area contributed by atoms with E-state index >= 15 is 0 Å². The van der Waals surface area contributed by atoms with E-state index in [9.17, 15) is 39.5 Å². The topological polar surface area (TPSA) is 0 Å². The summed E-state index contributed by atoms with van der Waals surface area (Å²) in [5, 5.41) is 0. The Morgan fingerprint density at radius 3 is 0.714 bits per heavy atom. The number of alkyl halides is 9. The first kappa shape index (κ1) is 13.9. The van der Waals surface area contributed by atoms with Crippen LogP contribution in [0.25, 0.3) is 0 Å². The highest BCUT2D eigenvalue weighted by Crippen LogP contribution is 2.53. The molecular weight excluding hydrogens is 298 g/mol. The number of rotatable bonds is 0. The van der Waals surface area contributed by atoms with Gasteiger partial charge in [-0.3, -0.25) is 0 Å². The molecule has 86 valence electrons. The quantitative estimate of drug-likeness (QED) is 0.473. The fourth-order valence-electron chi connectivity index (χ4n) is 0.557. The molecule has 11 heteroatoms. The SMILES string of the molecule is FC(F)(F)[B-](Br)(C(F)(F)F)C(F)(F)F. The minimum atomic E-state index is -6.62. The van der Waals surface area contributed by atoms with E-state index in [1.807, 2.05) is 0 Å². The summed E-state index contributed by atoms with van der Waals surface area (Å²) in [6.45, 7) is 0. The second-order valence-electron chi connectivity index (χ2n) is 2.39. The van der Waals surface area contributed by atoms with Gasteiger partial charge in [0.25, 0.3) is 18.2 Å². The van der Waals surface area contributed by atoms with Crippen LogP contribution < -0.4 is 0 Å². The van der Waals surface area contributed by atoms with Crippen LogP contribution in [-0.2, 0) is 0 Å². The molecule has 0 radical (unpaired) electrons. The second kappa shape index (κ2) is 3.21. The Bertz CT molecular complexity index is 174. The molecule has 0 aliphatic carbocycles. The number of hydrogen-bond donors (Lipinski definition) is 0. The zero-order valence-corrected chi connectivity index (χ0v) is 7.44. The van der Waals surface area contributed by atoms with Gasteiger partial charge in [0.1, 0.15) is 0 Å². The largest absolute Gasteiger partial charge is 0.404 e. The molecule has 0 aromatic heterocycles. The summed E-state index contributed by atoms with van der Waals surface area (Å²) in [5.41, 5.74) is 0. The maximum atomic E-state index is 11.6. The van der Waals surface area contributed by atoms with Crippen LogP contribution in [0.3, 0.4) is 0 Å². The molecule has 0 bridgehead atoms. The fraction of sp³-hybridized carbons (Fsp3) is 1.00. The molecule has 0 unspecified atom stereocenters. The molecule has 0 saturated heterocycles. The van der Waals surface area contributed by atoms with Crippen molar-refractivity contribution < 1.29 is 39.5 Å². The van der Waals surface area contributed by atoms with Crippen molar-refractivity contribution >= 4 is 20.7 Å². The lowest BCUT2D eigenvalue weighted by Crippen LogP contribution is -2.67. The van der Waals surface area contributed by atoms with Crippen LogP contribution in [0.4, 0.5) is 39.5 Å². The lowest BCUT2D eigenvalue weighted by Gasteiger charge is -2.39. The maximum Gasteiger partial charge on any atom is 0.404 e. The third-order valence-electron chi connectivity index (χ3n) is 1.35. The van der Waals surface area contributed by atoms with Crippen LogP contribution in [0.1, 0.15) is 0 Å². The number of halogens is 10. The van der Waals surface area contributed by atoms with E-state index < -0.39 is 23.2 Å². The lowest BCUT2D eigenvalue weighted by atomic mass is 9.46. The van der Waals surface area contributed by atoms with E-state index in [2.05, 4.69) is 0 Å². The molecule has 0 fully saturated rings. The van der Waals surface area contributed by atoms with Gasteiger partial charge in [0.05, 0.1) is 0 Å². The Morgan fingerprint density at radius 2 is 0.714 bits per heavy atom. The minimum absolute atomic E-state index is 0.734. The molecule has 0 heterocycles. The zero-order valence-electron chi connectivity index (χ0n) is 5.86. The molecule has 0 aliphatic rings. The van der Waals surface area contributed by atoms with Gasteiger partial charge in [-0.2, -0.15) is 0 Å². The Kier molecular flexibility index (Phi) is 3.19. The molecule has 0 spiro atoms. The van der Waals surface area contributed by atoms with Gasteiger partial charge in [0.15, 0.2) is 0 Å². The molecule has 0 nitrogen and oxygen atoms in total. The Hall–Kier alpha value is -0.0851. The Labute approximate surface area is 79.3 Å². The monoisotopic (exact) mass is 297 g/mol. The van der Waals surface area contributed by atoms with E-state index in [1.165, 1.54) is 0 Å². The average Bonchev–Trinajstić information content (AvgIpc) is 1.77.